The molecule has 0 aliphatic rings. The van der Waals surface area contributed by atoms with Gasteiger partial charge in [-0.05, 0) is 246 Å². The minimum Gasteiger partial charge on any atom is -0.0610 e. The van der Waals surface area contributed by atoms with Crippen LogP contribution in [0.2, 0.25) is 0 Å². The number of hydrogen-bond acceptors (Lipinski definition) is 0. The Balaban J connectivity index is 1.47. The first-order chi connectivity index (χ1) is 27.9. The van der Waals surface area contributed by atoms with Gasteiger partial charge in [0.2, 0.25) is 0 Å². The van der Waals surface area contributed by atoms with Crippen molar-refractivity contribution in [1.82, 2.24) is 0 Å². The van der Waals surface area contributed by atoms with Crippen LogP contribution >= 0.6 is 127 Å². The molecule has 282 valence electrons. The van der Waals surface area contributed by atoms with Gasteiger partial charge >= 0.3 is 0 Å². The summed E-state index contributed by atoms with van der Waals surface area (Å²) in [6.45, 7) is 0. The summed E-state index contributed by atoms with van der Waals surface area (Å²) >= 11 is 27.4. The first-order valence-corrected chi connectivity index (χ1v) is 23.4. The average molecular weight is 1270 g/mol. The molecule has 0 unspecified atom stereocenters. The third-order valence-electron chi connectivity index (χ3n) is 7.67. The molecular weight excluding hydrogens is 1240 g/mol. The molecule has 0 N–H and O–H groups in total. The van der Waals surface area contributed by atoms with Crippen LogP contribution in [-0.4, -0.2) is 0 Å². The molecule has 0 aliphatic heterocycles. The molecule has 0 bridgehead atoms. The van der Waals surface area contributed by atoms with Crippen molar-refractivity contribution in [2.24, 2.45) is 0 Å². The highest BCUT2D eigenvalue weighted by Crippen LogP contribution is 2.21. The molecule has 0 amide bonds. The molecule has 58 heavy (non-hydrogen) atoms. The Morgan fingerprint density at radius 3 is 0.621 bits per heavy atom. The van der Waals surface area contributed by atoms with E-state index in [9.17, 15) is 0 Å². The Hall–Kier alpha value is -3.38. The maximum Gasteiger partial charge on any atom is 0.0757 e. The Labute approximate surface area is 408 Å². The van der Waals surface area contributed by atoms with Crippen molar-refractivity contribution >= 4 is 164 Å². The van der Waals surface area contributed by atoms with Gasteiger partial charge in [-0.3, -0.25) is 0 Å². The highest BCUT2D eigenvalue weighted by molar-refractivity contribution is 9.29. The van der Waals surface area contributed by atoms with Crippen molar-refractivity contribution in [2.75, 3.05) is 0 Å². The van der Waals surface area contributed by atoms with Crippen LogP contribution in [-0.2, 0) is 0 Å². The molecular formula is C50H26Br8. The first kappa shape index (κ1) is 45.7. The molecule has 5 aromatic rings. The van der Waals surface area contributed by atoms with Gasteiger partial charge in [-0.1, -0.05) is 120 Å². The van der Waals surface area contributed by atoms with Gasteiger partial charge in [-0.15, -0.1) is 0 Å². The van der Waals surface area contributed by atoms with E-state index in [-0.39, 0.29) is 0 Å². The molecule has 8 heteroatoms. The largest absolute Gasteiger partial charge is 0.0757 e. The summed E-state index contributed by atoms with van der Waals surface area (Å²) in [6.07, 6.45) is 11.9. The normalized spacial score (nSPS) is 9.52. The highest BCUT2D eigenvalue weighted by Gasteiger charge is 1.99. The van der Waals surface area contributed by atoms with Gasteiger partial charge in [0.25, 0.3) is 0 Å². The van der Waals surface area contributed by atoms with Crippen molar-refractivity contribution < 1.29 is 0 Å². The zero-order valence-electron chi connectivity index (χ0n) is 30.0. The SMILES string of the molecule is BrC(Br)=Cc1ccc(C#CC(C#Cc2ccc(C=C(Br)Br)cc2)=Cc2ccc(C=C(C#Cc3ccc(C=C(Br)Br)cc3)C#Cc3ccc(C=C(Br)Br)cc3)cc2)cc1. The van der Waals surface area contributed by atoms with Gasteiger partial charge in [0, 0.05) is 22.3 Å². The van der Waals surface area contributed by atoms with Crippen LogP contribution in [0.1, 0.15) is 55.6 Å². The van der Waals surface area contributed by atoms with Crippen LogP contribution in [0.4, 0.5) is 0 Å². The molecule has 0 saturated heterocycles. The lowest BCUT2D eigenvalue weighted by Crippen LogP contribution is -1.83. The molecule has 5 rings (SSSR count). The Bertz CT molecular complexity index is 2330. The van der Waals surface area contributed by atoms with Crippen LogP contribution in [0.15, 0.2) is 146 Å². The Kier molecular flexibility index (Phi) is 18.9. The van der Waals surface area contributed by atoms with Gasteiger partial charge in [0.05, 0.1) is 24.7 Å². The molecule has 0 spiro atoms. The average Bonchev–Trinajstić information content (AvgIpc) is 3.19. The van der Waals surface area contributed by atoms with Crippen LogP contribution in [0.25, 0.3) is 36.5 Å². The van der Waals surface area contributed by atoms with E-state index in [0.29, 0.717) is 11.1 Å². The van der Waals surface area contributed by atoms with Crippen LogP contribution < -0.4 is 0 Å². The third kappa shape index (κ3) is 17.1. The standard InChI is InChI=1S/C50H26Br8/c51-47(52)31-43-17-5-35(6-18-43)1-13-39(14-2-36-7-19-44(20-8-36)32-48(53)54)29-41-25-27-42(28-26-41)30-40(15-3-37-9-21-45(22-10-37)33-49(55)56)16-4-38-11-23-46(24-12-38)34-50(57)58/h5-12,17-34H. The van der Waals surface area contributed by atoms with E-state index >= 15 is 0 Å². The number of hydrogen-bond donors (Lipinski definition) is 0. The zero-order valence-corrected chi connectivity index (χ0v) is 42.7. The maximum absolute atomic E-state index is 3.42. The van der Waals surface area contributed by atoms with E-state index < -0.39 is 0 Å². The summed E-state index contributed by atoms with van der Waals surface area (Å²) in [6, 6.07) is 40.4. The number of halogens is 8. The summed E-state index contributed by atoms with van der Waals surface area (Å²) in [5.41, 5.74) is 11.1. The predicted molar refractivity (Wildman–Crippen MR) is 279 cm³/mol. The van der Waals surface area contributed by atoms with E-state index in [0.717, 1.165) is 69.2 Å². The van der Waals surface area contributed by atoms with Gasteiger partial charge in [-0.25, -0.2) is 0 Å². The summed E-state index contributed by atoms with van der Waals surface area (Å²) in [5, 5.41) is 0. The monoisotopic (exact) mass is 1260 g/mol. The van der Waals surface area contributed by atoms with Crippen molar-refractivity contribution in [3.8, 4) is 47.4 Å². The van der Waals surface area contributed by atoms with E-state index in [4.69, 9.17) is 0 Å². The zero-order chi connectivity index (χ0) is 41.3. The molecule has 0 radical (unpaired) electrons. The van der Waals surface area contributed by atoms with Gasteiger partial charge in [0.15, 0.2) is 0 Å². The smallest absolute Gasteiger partial charge is 0.0610 e. The lowest BCUT2D eigenvalue weighted by molar-refractivity contribution is 1.59. The van der Waals surface area contributed by atoms with E-state index in [1.807, 2.05) is 134 Å². The Morgan fingerprint density at radius 1 is 0.259 bits per heavy atom. The number of allylic oxidation sites excluding steroid dienone is 2. The van der Waals surface area contributed by atoms with Crippen molar-refractivity contribution in [3.05, 3.63) is 202 Å². The molecule has 0 aromatic heterocycles. The second-order valence-corrected chi connectivity index (χ2v) is 23.1. The number of benzene rings is 5. The van der Waals surface area contributed by atoms with Crippen molar-refractivity contribution in [3.63, 3.8) is 0 Å². The van der Waals surface area contributed by atoms with E-state index in [2.05, 4.69) is 199 Å². The van der Waals surface area contributed by atoms with Crippen LogP contribution in [0, 0.1) is 47.4 Å². The summed E-state index contributed by atoms with van der Waals surface area (Å²) in [7, 11) is 0. The van der Waals surface area contributed by atoms with Gasteiger partial charge in [-0.2, -0.15) is 0 Å². The molecule has 0 fully saturated rings. The molecule has 0 atom stereocenters. The fourth-order valence-electron chi connectivity index (χ4n) is 4.94. The van der Waals surface area contributed by atoms with Crippen molar-refractivity contribution in [1.29, 1.82) is 0 Å². The highest BCUT2D eigenvalue weighted by atomic mass is 79.9. The van der Waals surface area contributed by atoms with Gasteiger partial charge in [0.1, 0.15) is 0 Å². The van der Waals surface area contributed by atoms with Crippen molar-refractivity contribution in [2.45, 2.75) is 0 Å². The molecule has 0 aliphatic carbocycles. The van der Waals surface area contributed by atoms with E-state index in [1.165, 1.54) is 0 Å². The predicted octanol–water partition coefficient (Wildman–Crippen LogP) is 17.0. The fourth-order valence-corrected chi connectivity index (χ4v) is 7.06. The number of rotatable bonds is 6. The van der Waals surface area contributed by atoms with Crippen LogP contribution in [0.5, 0.6) is 0 Å². The lowest BCUT2D eigenvalue weighted by atomic mass is 10.0. The minimum absolute atomic E-state index is 0.690. The summed E-state index contributed by atoms with van der Waals surface area (Å²) < 4.78 is 3.50. The molecule has 0 nitrogen and oxygen atoms in total. The summed E-state index contributed by atoms with van der Waals surface area (Å²) in [4.78, 5) is 0. The lowest BCUT2D eigenvalue weighted by Gasteiger charge is -1.99. The Morgan fingerprint density at radius 2 is 0.431 bits per heavy atom. The van der Waals surface area contributed by atoms with E-state index in [1.54, 1.807) is 0 Å². The molecule has 0 saturated carbocycles. The fraction of sp³-hybridized carbons (Fsp3) is 0. The summed E-state index contributed by atoms with van der Waals surface area (Å²) in [5.74, 6) is 26.4. The third-order valence-corrected chi connectivity index (χ3v) is 9.50. The second kappa shape index (κ2) is 24.0. The molecule has 0 heterocycles. The minimum atomic E-state index is 0.690. The quantitative estimate of drug-likeness (QED) is 0.149. The maximum atomic E-state index is 3.42. The molecule has 5 aromatic carbocycles. The first-order valence-electron chi connectivity index (χ1n) is 17.1. The van der Waals surface area contributed by atoms with Crippen LogP contribution in [0.3, 0.4) is 0 Å². The van der Waals surface area contributed by atoms with Gasteiger partial charge < -0.3 is 0 Å². The topological polar surface area (TPSA) is 0 Å². The second-order valence-electron chi connectivity index (χ2n) is 12.0.